The molecule has 1 aromatic carbocycles. The molecule has 3 aromatic rings. The Hall–Kier alpha value is -2.61. The molecule has 2 aromatic heterocycles. The number of halogens is 3. The van der Waals surface area contributed by atoms with Crippen molar-refractivity contribution in [3.63, 3.8) is 0 Å². The molecule has 0 spiro atoms. The number of hydrogen-bond donors (Lipinski definition) is 1. The van der Waals surface area contributed by atoms with Crippen molar-refractivity contribution in [3.8, 4) is 5.95 Å². The average Bonchev–Trinajstić information content (AvgIpc) is 2.97. The van der Waals surface area contributed by atoms with E-state index in [0.29, 0.717) is 0 Å². The van der Waals surface area contributed by atoms with E-state index in [2.05, 4.69) is 25.4 Å². The maximum atomic E-state index is 13.6. The number of aromatic nitrogens is 5. The van der Waals surface area contributed by atoms with Crippen LogP contribution in [0.1, 0.15) is 0 Å². The molecule has 0 saturated heterocycles. The molecule has 106 valence electrons. The number of nitrogens with one attached hydrogen (secondary N) is 1. The van der Waals surface area contributed by atoms with E-state index in [4.69, 9.17) is 11.6 Å². The Bertz CT molecular complexity index is 777. The molecule has 0 amide bonds. The normalized spacial score (nSPS) is 10.6. The molecule has 0 unspecified atom stereocenters. The van der Waals surface area contributed by atoms with Gasteiger partial charge in [0, 0.05) is 12.4 Å². The van der Waals surface area contributed by atoms with Crippen molar-refractivity contribution >= 4 is 23.2 Å². The van der Waals surface area contributed by atoms with Crippen molar-refractivity contribution < 1.29 is 8.78 Å². The lowest BCUT2D eigenvalue weighted by molar-refractivity contribution is 0.511. The monoisotopic (exact) mass is 308 g/mol. The van der Waals surface area contributed by atoms with Crippen LogP contribution in [0.5, 0.6) is 0 Å². The van der Waals surface area contributed by atoms with Crippen molar-refractivity contribution in [2.45, 2.75) is 0 Å². The van der Waals surface area contributed by atoms with Crippen molar-refractivity contribution in [1.82, 2.24) is 24.7 Å². The summed E-state index contributed by atoms with van der Waals surface area (Å²) >= 11 is 5.79. The Morgan fingerprint density at radius 1 is 1.10 bits per heavy atom. The van der Waals surface area contributed by atoms with E-state index < -0.39 is 11.6 Å². The highest BCUT2D eigenvalue weighted by atomic mass is 35.5. The maximum Gasteiger partial charge on any atom is 0.256 e. The van der Waals surface area contributed by atoms with Crippen LogP contribution in [0, 0.1) is 11.6 Å². The van der Waals surface area contributed by atoms with Crippen LogP contribution in [0.3, 0.4) is 0 Å². The third-order valence-corrected chi connectivity index (χ3v) is 2.67. The first-order valence-electron chi connectivity index (χ1n) is 5.76. The van der Waals surface area contributed by atoms with E-state index in [1.165, 1.54) is 23.0 Å². The largest absolute Gasteiger partial charge is 0.321 e. The van der Waals surface area contributed by atoms with Crippen LogP contribution in [-0.2, 0) is 0 Å². The fourth-order valence-electron chi connectivity index (χ4n) is 1.61. The van der Waals surface area contributed by atoms with Gasteiger partial charge in [0.2, 0.25) is 11.2 Å². The van der Waals surface area contributed by atoms with Gasteiger partial charge in [-0.05, 0) is 29.8 Å². The van der Waals surface area contributed by atoms with Crippen molar-refractivity contribution in [2.24, 2.45) is 0 Å². The van der Waals surface area contributed by atoms with Crippen LogP contribution in [0.15, 0.2) is 36.7 Å². The minimum atomic E-state index is -1.03. The van der Waals surface area contributed by atoms with E-state index in [1.54, 1.807) is 12.3 Å². The Kier molecular flexibility index (Phi) is 3.44. The van der Waals surface area contributed by atoms with E-state index in [9.17, 15) is 8.78 Å². The van der Waals surface area contributed by atoms with Crippen LogP contribution in [0.4, 0.5) is 20.4 Å². The zero-order chi connectivity index (χ0) is 14.8. The number of benzene rings is 1. The molecule has 2 heterocycles. The van der Waals surface area contributed by atoms with Crippen LogP contribution in [0.25, 0.3) is 5.95 Å². The molecule has 0 radical (unpaired) electrons. The van der Waals surface area contributed by atoms with E-state index in [1.807, 2.05) is 0 Å². The molecule has 1 N–H and O–H groups in total. The summed E-state index contributed by atoms with van der Waals surface area (Å²) in [5, 5.41) is 6.40. The van der Waals surface area contributed by atoms with Gasteiger partial charge in [-0.1, -0.05) is 6.07 Å². The molecule has 0 atom stereocenters. The Morgan fingerprint density at radius 3 is 2.71 bits per heavy atom. The summed E-state index contributed by atoms with van der Waals surface area (Å²) in [6, 6.07) is 5.40. The zero-order valence-electron chi connectivity index (χ0n) is 10.3. The Labute approximate surface area is 122 Å². The van der Waals surface area contributed by atoms with Gasteiger partial charge in [-0.25, -0.2) is 13.5 Å². The molecule has 0 aliphatic heterocycles. The van der Waals surface area contributed by atoms with Gasteiger partial charge >= 0.3 is 0 Å². The smallest absolute Gasteiger partial charge is 0.256 e. The van der Waals surface area contributed by atoms with E-state index >= 15 is 0 Å². The maximum absolute atomic E-state index is 13.6. The molecule has 0 aliphatic carbocycles. The number of rotatable bonds is 3. The number of nitrogens with zero attached hydrogens (tertiary/aromatic N) is 5. The summed E-state index contributed by atoms with van der Waals surface area (Å²) in [5.41, 5.74) is -0.108. The molecular weight excluding hydrogens is 302 g/mol. The summed E-state index contributed by atoms with van der Waals surface area (Å²) in [6.07, 6.45) is 3.15. The predicted octanol–water partition coefficient (Wildman–Crippen LogP) is 2.73. The summed E-state index contributed by atoms with van der Waals surface area (Å²) in [4.78, 5) is 11.7. The first kappa shape index (κ1) is 13.4. The van der Waals surface area contributed by atoms with Gasteiger partial charge < -0.3 is 5.32 Å². The van der Waals surface area contributed by atoms with Crippen LogP contribution < -0.4 is 5.32 Å². The van der Waals surface area contributed by atoms with Gasteiger partial charge in [0.05, 0.1) is 5.69 Å². The molecule has 21 heavy (non-hydrogen) atoms. The van der Waals surface area contributed by atoms with Crippen LogP contribution in [0.2, 0.25) is 5.28 Å². The molecule has 0 aliphatic rings. The third kappa shape index (κ3) is 2.79. The lowest BCUT2D eigenvalue weighted by Gasteiger charge is -2.07. The van der Waals surface area contributed by atoms with E-state index in [0.717, 1.165) is 6.07 Å². The molecule has 3 rings (SSSR count). The van der Waals surface area contributed by atoms with Gasteiger partial charge in [0.1, 0.15) is 0 Å². The minimum absolute atomic E-state index is 0.0231. The topological polar surface area (TPSA) is 68.5 Å². The average molecular weight is 309 g/mol. The van der Waals surface area contributed by atoms with Crippen molar-refractivity contribution in [1.29, 1.82) is 0 Å². The van der Waals surface area contributed by atoms with Crippen LogP contribution in [-0.4, -0.2) is 24.7 Å². The SMILES string of the molecule is Fc1cccc(Nc2nc(Cl)nc(-n3cccn3)n2)c1F. The number of hydrogen-bond acceptors (Lipinski definition) is 5. The van der Waals surface area contributed by atoms with Gasteiger partial charge in [0.15, 0.2) is 11.6 Å². The van der Waals surface area contributed by atoms with Crippen molar-refractivity contribution in [3.05, 3.63) is 53.6 Å². The first-order valence-corrected chi connectivity index (χ1v) is 6.14. The standard InChI is InChI=1S/C12H7ClF2N6/c13-10-18-11(17-8-4-1-3-7(14)9(8)15)20-12(19-10)21-6-2-5-16-21/h1-6H,(H,17,18,19,20). The van der Waals surface area contributed by atoms with Gasteiger partial charge in [-0.2, -0.15) is 20.1 Å². The second kappa shape index (κ2) is 5.41. The second-order valence-electron chi connectivity index (χ2n) is 3.91. The summed E-state index contributed by atoms with van der Waals surface area (Å²) in [7, 11) is 0. The fourth-order valence-corrected chi connectivity index (χ4v) is 1.76. The lowest BCUT2D eigenvalue weighted by Crippen LogP contribution is -2.07. The van der Waals surface area contributed by atoms with Gasteiger partial charge in [-0.3, -0.25) is 0 Å². The molecule has 0 saturated carbocycles. The highest BCUT2D eigenvalue weighted by molar-refractivity contribution is 6.28. The highest BCUT2D eigenvalue weighted by Gasteiger charge is 2.11. The fraction of sp³-hybridized carbons (Fsp3) is 0. The molecule has 6 nitrogen and oxygen atoms in total. The van der Waals surface area contributed by atoms with Gasteiger partial charge in [-0.15, -0.1) is 0 Å². The second-order valence-corrected chi connectivity index (χ2v) is 4.24. The molecule has 9 heteroatoms. The van der Waals surface area contributed by atoms with E-state index in [-0.39, 0.29) is 22.9 Å². The minimum Gasteiger partial charge on any atom is -0.321 e. The zero-order valence-corrected chi connectivity index (χ0v) is 11.1. The Morgan fingerprint density at radius 2 is 1.95 bits per heavy atom. The molecule has 0 fully saturated rings. The Balaban J connectivity index is 1.98. The molecule has 0 bridgehead atoms. The lowest BCUT2D eigenvalue weighted by atomic mass is 10.3. The summed E-state index contributed by atoms with van der Waals surface area (Å²) in [5.74, 6) is -1.88. The number of anilines is 2. The highest BCUT2D eigenvalue weighted by Crippen LogP contribution is 2.20. The summed E-state index contributed by atoms with van der Waals surface area (Å²) in [6.45, 7) is 0. The predicted molar refractivity (Wildman–Crippen MR) is 71.6 cm³/mol. The first-order chi connectivity index (χ1) is 10.1. The van der Waals surface area contributed by atoms with Crippen LogP contribution >= 0.6 is 11.6 Å². The van der Waals surface area contributed by atoms with Gasteiger partial charge in [0.25, 0.3) is 5.95 Å². The quantitative estimate of drug-likeness (QED) is 0.805. The summed E-state index contributed by atoms with van der Waals surface area (Å²) < 4.78 is 28.1. The van der Waals surface area contributed by atoms with Crippen molar-refractivity contribution in [2.75, 3.05) is 5.32 Å². The molecular formula is C12H7ClF2N6. The third-order valence-electron chi connectivity index (χ3n) is 2.50.